The molecule has 3 rings (SSSR count). The summed E-state index contributed by atoms with van der Waals surface area (Å²) in [6.07, 6.45) is 0.493. The molecule has 1 aliphatic rings. The van der Waals surface area contributed by atoms with E-state index in [1.165, 1.54) is 6.07 Å². The third-order valence-electron chi connectivity index (χ3n) is 4.80. The average Bonchev–Trinajstić information content (AvgIpc) is 2.90. The lowest BCUT2D eigenvalue weighted by molar-refractivity contribution is -0.385. The van der Waals surface area contributed by atoms with Gasteiger partial charge in [-0.1, -0.05) is 30.3 Å². The van der Waals surface area contributed by atoms with Gasteiger partial charge in [0, 0.05) is 44.4 Å². The smallest absolute Gasteiger partial charge is 0.410 e. The summed E-state index contributed by atoms with van der Waals surface area (Å²) in [5, 5.41) is 11.1. The molecule has 0 bridgehead atoms. The van der Waals surface area contributed by atoms with Gasteiger partial charge in [0.1, 0.15) is 5.75 Å². The highest BCUT2D eigenvalue weighted by molar-refractivity contribution is 5.70. The second-order valence-corrected chi connectivity index (χ2v) is 6.62. The second-order valence-electron chi connectivity index (χ2n) is 6.62. The van der Waals surface area contributed by atoms with Gasteiger partial charge in [-0.3, -0.25) is 15.0 Å². The molecular weight excluding hydrogens is 346 g/mol. The molecule has 0 unspecified atom stereocenters. The molecule has 0 spiro atoms. The van der Waals surface area contributed by atoms with Crippen molar-refractivity contribution in [2.45, 2.75) is 19.9 Å². The van der Waals surface area contributed by atoms with Crippen LogP contribution in [-0.2, 0) is 6.54 Å². The topological polar surface area (TPSA) is 75.9 Å². The predicted octanol–water partition coefficient (Wildman–Crippen LogP) is 3.61. The number of hydrogen-bond acceptors (Lipinski definition) is 5. The lowest BCUT2D eigenvalue weighted by Crippen LogP contribution is -2.37. The summed E-state index contributed by atoms with van der Waals surface area (Å²) < 4.78 is 5.42. The normalized spacial score (nSPS) is 15.2. The Morgan fingerprint density at radius 3 is 2.59 bits per heavy atom. The van der Waals surface area contributed by atoms with Crippen LogP contribution in [0.5, 0.6) is 5.75 Å². The van der Waals surface area contributed by atoms with E-state index in [4.69, 9.17) is 4.74 Å². The molecule has 7 heteroatoms. The van der Waals surface area contributed by atoms with Crippen molar-refractivity contribution in [3.63, 3.8) is 0 Å². The van der Waals surface area contributed by atoms with Crippen LogP contribution in [0.3, 0.4) is 0 Å². The minimum atomic E-state index is -0.345. The van der Waals surface area contributed by atoms with E-state index in [1.807, 2.05) is 24.3 Å². The van der Waals surface area contributed by atoms with Crippen LogP contribution in [0.2, 0.25) is 0 Å². The van der Waals surface area contributed by atoms with Crippen LogP contribution >= 0.6 is 0 Å². The molecule has 27 heavy (non-hydrogen) atoms. The molecule has 0 radical (unpaired) electrons. The number of carbonyl (C=O) groups is 1. The second kappa shape index (κ2) is 8.64. The fraction of sp³-hybridized carbons (Fsp3) is 0.350. The van der Waals surface area contributed by atoms with Crippen molar-refractivity contribution >= 4 is 11.8 Å². The zero-order valence-electron chi connectivity index (χ0n) is 15.3. The van der Waals surface area contributed by atoms with E-state index in [0.717, 1.165) is 18.5 Å². The molecule has 0 N–H and O–H groups in total. The standard InChI is InChI=1S/C20H23N3O4/c1-16-17(7-5-10-19(16)23(25)26)15-21-11-6-12-22(14-13-21)20(24)27-18-8-3-2-4-9-18/h2-5,7-10H,6,11-15H2,1H3. The summed E-state index contributed by atoms with van der Waals surface area (Å²) in [4.78, 5) is 27.1. The molecule has 142 valence electrons. The first-order valence-corrected chi connectivity index (χ1v) is 9.01. The maximum absolute atomic E-state index is 12.4. The van der Waals surface area contributed by atoms with Crippen LogP contribution in [-0.4, -0.2) is 47.0 Å². The van der Waals surface area contributed by atoms with Crippen molar-refractivity contribution in [2.75, 3.05) is 26.2 Å². The Labute approximate surface area is 158 Å². The van der Waals surface area contributed by atoms with Crippen LogP contribution in [0.1, 0.15) is 17.5 Å². The number of para-hydroxylation sites is 1. The molecule has 0 aromatic heterocycles. The number of carbonyl (C=O) groups excluding carboxylic acids is 1. The van der Waals surface area contributed by atoms with Crippen molar-refractivity contribution in [2.24, 2.45) is 0 Å². The molecule has 1 heterocycles. The first-order valence-electron chi connectivity index (χ1n) is 9.01. The Bertz CT molecular complexity index is 810. The SMILES string of the molecule is Cc1c(CN2CCCN(C(=O)Oc3ccccc3)CC2)cccc1[N+](=O)[O-]. The van der Waals surface area contributed by atoms with Crippen molar-refractivity contribution < 1.29 is 14.5 Å². The van der Waals surface area contributed by atoms with Crippen LogP contribution in [0.15, 0.2) is 48.5 Å². The van der Waals surface area contributed by atoms with E-state index in [2.05, 4.69) is 4.90 Å². The van der Waals surface area contributed by atoms with E-state index in [-0.39, 0.29) is 16.7 Å². The number of nitro benzene ring substituents is 1. The molecule has 1 amide bonds. The molecule has 0 aliphatic carbocycles. The molecule has 2 aromatic rings. The van der Waals surface area contributed by atoms with E-state index in [9.17, 15) is 14.9 Å². The Balaban J connectivity index is 1.59. The number of nitrogens with zero attached hydrogens (tertiary/aromatic N) is 3. The summed E-state index contributed by atoms with van der Waals surface area (Å²) in [7, 11) is 0. The highest BCUT2D eigenvalue weighted by Crippen LogP contribution is 2.23. The number of benzene rings is 2. The molecule has 1 aliphatic heterocycles. The largest absolute Gasteiger partial charge is 0.415 e. The maximum atomic E-state index is 12.4. The summed E-state index contributed by atoms with van der Waals surface area (Å²) >= 11 is 0. The van der Waals surface area contributed by atoms with Gasteiger partial charge in [-0.2, -0.15) is 0 Å². The van der Waals surface area contributed by atoms with Crippen molar-refractivity contribution in [3.05, 3.63) is 69.8 Å². The van der Waals surface area contributed by atoms with Gasteiger partial charge >= 0.3 is 6.09 Å². The first kappa shape index (κ1) is 18.8. The molecule has 0 atom stereocenters. The van der Waals surface area contributed by atoms with E-state index in [1.54, 1.807) is 30.0 Å². The zero-order valence-corrected chi connectivity index (χ0v) is 15.3. The van der Waals surface area contributed by atoms with Crippen molar-refractivity contribution in [1.29, 1.82) is 0 Å². The Morgan fingerprint density at radius 1 is 1.07 bits per heavy atom. The van der Waals surface area contributed by atoms with Gasteiger partial charge < -0.3 is 9.64 Å². The van der Waals surface area contributed by atoms with Crippen LogP contribution in [0, 0.1) is 17.0 Å². The minimum absolute atomic E-state index is 0.149. The predicted molar refractivity (Wildman–Crippen MR) is 102 cm³/mol. The summed E-state index contributed by atoms with van der Waals surface area (Å²) in [6, 6.07) is 14.2. The summed E-state index contributed by atoms with van der Waals surface area (Å²) in [5.41, 5.74) is 1.80. The molecule has 0 saturated carbocycles. The molecule has 2 aromatic carbocycles. The van der Waals surface area contributed by atoms with Gasteiger partial charge in [-0.25, -0.2) is 4.79 Å². The van der Waals surface area contributed by atoms with Crippen molar-refractivity contribution in [3.8, 4) is 5.75 Å². The van der Waals surface area contributed by atoms with Gasteiger partial charge in [-0.15, -0.1) is 0 Å². The number of nitro groups is 1. The number of rotatable bonds is 4. The van der Waals surface area contributed by atoms with Gasteiger partial charge in [0.05, 0.1) is 4.92 Å². The van der Waals surface area contributed by atoms with Crippen molar-refractivity contribution in [1.82, 2.24) is 9.80 Å². The van der Waals surface area contributed by atoms with Crippen LogP contribution in [0.4, 0.5) is 10.5 Å². The summed E-state index contributed by atoms with van der Waals surface area (Å²) in [6.45, 7) is 5.16. The fourth-order valence-corrected chi connectivity index (χ4v) is 3.25. The maximum Gasteiger partial charge on any atom is 0.415 e. The number of hydrogen-bond donors (Lipinski definition) is 0. The summed E-state index contributed by atoms with van der Waals surface area (Å²) in [5.74, 6) is 0.538. The number of amides is 1. The number of ether oxygens (including phenoxy) is 1. The highest BCUT2D eigenvalue weighted by atomic mass is 16.6. The molecule has 7 nitrogen and oxygen atoms in total. The molecule has 1 fully saturated rings. The van der Waals surface area contributed by atoms with Gasteiger partial charge in [-0.05, 0) is 31.0 Å². The lowest BCUT2D eigenvalue weighted by atomic mass is 10.1. The minimum Gasteiger partial charge on any atom is -0.410 e. The van der Waals surface area contributed by atoms with Crippen LogP contribution < -0.4 is 4.74 Å². The lowest BCUT2D eigenvalue weighted by Gasteiger charge is -2.22. The van der Waals surface area contributed by atoms with Gasteiger partial charge in [0.25, 0.3) is 5.69 Å². The Morgan fingerprint density at radius 2 is 1.85 bits per heavy atom. The third-order valence-corrected chi connectivity index (χ3v) is 4.80. The fourth-order valence-electron chi connectivity index (χ4n) is 3.25. The quantitative estimate of drug-likeness (QED) is 0.608. The van der Waals surface area contributed by atoms with Gasteiger partial charge in [0.15, 0.2) is 0 Å². The van der Waals surface area contributed by atoms with Gasteiger partial charge in [0.2, 0.25) is 0 Å². The Kier molecular flexibility index (Phi) is 6.03. The van der Waals surface area contributed by atoms with Crippen LogP contribution in [0.25, 0.3) is 0 Å². The zero-order chi connectivity index (χ0) is 19.2. The highest BCUT2D eigenvalue weighted by Gasteiger charge is 2.22. The third kappa shape index (κ3) is 4.83. The first-order chi connectivity index (χ1) is 13.0. The molecule has 1 saturated heterocycles. The Hall–Kier alpha value is -2.93. The monoisotopic (exact) mass is 369 g/mol. The van der Waals surface area contributed by atoms with E-state index in [0.29, 0.717) is 37.5 Å². The average molecular weight is 369 g/mol. The van der Waals surface area contributed by atoms with E-state index < -0.39 is 0 Å². The van der Waals surface area contributed by atoms with E-state index >= 15 is 0 Å². The molecular formula is C20H23N3O4.